The lowest BCUT2D eigenvalue weighted by Crippen LogP contribution is -2.45. The molecule has 0 saturated heterocycles. The Morgan fingerprint density at radius 1 is 1.27 bits per heavy atom. The summed E-state index contributed by atoms with van der Waals surface area (Å²) in [5.41, 5.74) is 8.07. The monoisotopic (exact) mass is 413 g/mol. The average molecular weight is 413 g/mol. The highest BCUT2D eigenvalue weighted by Gasteiger charge is 2.09. The molecule has 0 unspecified atom stereocenters. The van der Waals surface area contributed by atoms with Gasteiger partial charge in [0.05, 0.1) is 5.69 Å². The zero-order valence-electron chi connectivity index (χ0n) is 13.3. The number of nitrogens with zero attached hydrogens (tertiary/aromatic N) is 3. The number of hydrogen-bond donors (Lipinski definition) is 2. The van der Waals surface area contributed by atoms with Gasteiger partial charge in [-0.2, -0.15) is 5.10 Å². The van der Waals surface area contributed by atoms with Gasteiger partial charge in [-0.3, -0.25) is 4.99 Å². The Kier molecular flexibility index (Phi) is 6.86. The molecule has 22 heavy (non-hydrogen) atoms. The molecular formula is C16H24IN5. The highest BCUT2D eigenvalue weighted by molar-refractivity contribution is 14.0. The first-order valence-corrected chi connectivity index (χ1v) is 7.11. The van der Waals surface area contributed by atoms with Gasteiger partial charge >= 0.3 is 0 Å². The van der Waals surface area contributed by atoms with E-state index in [4.69, 9.17) is 5.73 Å². The van der Waals surface area contributed by atoms with Crippen molar-refractivity contribution in [1.29, 1.82) is 0 Å². The third kappa shape index (κ3) is 6.05. The highest BCUT2D eigenvalue weighted by atomic mass is 127. The van der Waals surface area contributed by atoms with Crippen LogP contribution in [0, 0.1) is 0 Å². The van der Waals surface area contributed by atoms with E-state index in [0.717, 1.165) is 12.1 Å². The Labute approximate surface area is 149 Å². The first-order valence-electron chi connectivity index (χ1n) is 7.11. The predicted molar refractivity (Wildman–Crippen MR) is 102 cm³/mol. The molecule has 0 saturated carbocycles. The molecule has 0 fully saturated rings. The number of nitrogens with one attached hydrogen (secondary N) is 1. The SMILES string of the molecule is CC(C)(C)NC(N)=NCCc1ccc(-n2cccn2)cc1.I. The van der Waals surface area contributed by atoms with Crippen molar-refractivity contribution in [2.45, 2.75) is 32.7 Å². The summed E-state index contributed by atoms with van der Waals surface area (Å²) in [4.78, 5) is 4.34. The molecule has 5 nitrogen and oxygen atoms in total. The van der Waals surface area contributed by atoms with Crippen LogP contribution in [0.4, 0.5) is 0 Å². The molecule has 6 heteroatoms. The molecule has 0 bridgehead atoms. The van der Waals surface area contributed by atoms with Crippen molar-refractivity contribution in [3.05, 3.63) is 48.3 Å². The molecule has 0 radical (unpaired) electrons. The van der Waals surface area contributed by atoms with Crippen LogP contribution in [0.5, 0.6) is 0 Å². The number of guanidine groups is 1. The van der Waals surface area contributed by atoms with E-state index in [1.54, 1.807) is 6.20 Å². The van der Waals surface area contributed by atoms with E-state index in [9.17, 15) is 0 Å². The summed E-state index contributed by atoms with van der Waals surface area (Å²) in [5.74, 6) is 0.496. The summed E-state index contributed by atoms with van der Waals surface area (Å²) in [5, 5.41) is 7.35. The molecule has 0 spiro atoms. The second-order valence-corrected chi connectivity index (χ2v) is 6.01. The Balaban J connectivity index is 0.00000242. The summed E-state index contributed by atoms with van der Waals surface area (Å²) in [6.07, 6.45) is 4.57. The fraction of sp³-hybridized carbons (Fsp3) is 0.375. The molecule has 1 aromatic heterocycles. The van der Waals surface area contributed by atoms with Gasteiger partial charge < -0.3 is 11.1 Å². The Morgan fingerprint density at radius 2 is 1.95 bits per heavy atom. The third-order valence-electron chi connectivity index (χ3n) is 2.89. The number of halogens is 1. The lowest BCUT2D eigenvalue weighted by molar-refractivity contribution is 0.508. The maximum Gasteiger partial charge on any atom is 0.188 e. The van der Waals surface area contributed by atoms with Crippen LogP contribution in [0.3, 0.4) is 0 Å². The zero-order chi connectivity index (χ0) is 15.3. The minimum absolute atomic E-state index is 0. The fourth-order valence-corrected chi connectivity index (χ4v) is 1.97. The summed E-state index contributed by atoms with van der Waals surface area (Å²) < 4.78 is 1.84. The van der Waals surface area contributed by atoms with Gasteiger partial charge in [0.15, 0.2) is 5.96 Å². The van der Waals surface area contributed by atoms with Crippen LogP contribution in [0.25, 0.3) is 5.69 Å². The van der Waals surface area contributed by atoms with Crippen molar-refractivity contribution in [2.75, 3.05) is 6.54 Å². The molecule has 0 aliphatic carbocycles. The van der Waals surface area contributed by atoms with Crippen molar-refractivity contribution in [3.63, 3.8) is 0 Å². The largest absolute Gasteiger partial charge is 0.370 e. The number of aromatic nitrogens is 2. The summed E-state index contributed by atoms with van der Waals surface area (Å²) in [6, 6.07) is 10.2. The third-order valence-corrected chi connectivity index (χ3v) is 2.89. The van der Waals surface area contributed by atoms with Gasteiger partial charge in [-0.15, -0.1) is 24.0 Å². The van der Waals surface area contributed by atoms with E-state index in [1.165, 1.54) is 5.56 Å². The number of hydrogen-bond acceptors (Lipinski definition) is 2. The standard InChI is InChI=1S/C16H23N5.HI/c1-16(2,3)20-15(17)18-11-9-13-5-7-14(8-6-13)21-12-4-10-19-21;/h4-8,10,12H,9,11H2,1-3H3,(H3,17,18,20);1H. The van der Waals surface area contributed by atoms with Gasteiger partial charge in [0.1, 0.15) is 0 Å². The molecular weight excluding hydrogens is 389 g/mol. The molecule has 0 aliphatic heterocycles. The molecule has 2 aromatic rings. The van der Waals surface area contributed by atoms with Crippen LogP contribution < -0.4 is 11.1 Å². The summed E-state index contributed by atoms with van der Waals surface area (Å²) in [7, 11) is 0. The van der Waals surface area contributed by atoms with E-state index >= 15 is 0 Å². The Morgan fingerprint density at radius 3 is 2.50 bits per heavy atom. The van der Waals surface area contributed by atoms with Crippen molar-refractivity contribution in [3.8, 4) is 5.69 Å². The van der Waals surface area contributed by atoms with Crippen LogP contribution in [0.2, 0.25) is 0 Å². The molecule has 2 rings (SSSR count). The fourth-order valence-electron chi connectivity index (χ4n) is 1.97. The minimum atomic E-state index is -0.0566. The lowest BCUT2D eigenvalue weighted by Gasteiger charge is -2.20. The second-order valence-electron chi connectivity index (χ2n) is 6.01. The normalized spacial score (nSPS) is 11.9. The quantitative estimate of drug-likeness (QED) is 0.460. The van der Waals surface area contributed by atoms with Crippen LogP contribution in [-0.2, 0) is 6.42 Å². The van der Waals surface area contributed by atoms with Gasteiger partial charge in [-0.05, 0) is 51.0 Å². The summed E-state index contributed by atoms with van der Waals surface area (Å²) in [6.45, 7) is 6.85. The lowest BCUT2D eigenvalue weighted by atomic mass is 10.1. The predicted octanol–water partition coefficient (Wildman–Crippen LogP) is 2.74. The van der Waals surface area contributed by atoms with E-state index in [-0.39, 0.29) is 29.5 Å². The van der Waals surface area contributed by atoms with E-state index in [2.05, 4.69) is 60.4 Å². The van der Waals surface area contributed by atoms with Crippen molar-refractivity contribution < 1.29 is 0 Å². The van der Waals surface area contributed by atoms with E-state index < -0.39 is 0 Å². The van der Waals surface area contributed by atoms with Gasteiger partial charge in [-0.1, -0.05) is 12.1 Å². The first-order chi connectivity index (χ1) is 9.94. The second kappa shape index (κ2) is 8.17. The first kappa shape index (κ1) is 18.5. The smallest absolute Gasteiger partial charge is 0.188 e. The van der Waals surface area contributed by atoms with Crippen molar-refractivity contribution >= 4 is 29.9 Å². The number of rotatable bonds is 4. The molecule has 120 valence electrons. The Bertz CT molecular complexity index is 582. The van der Waals surface area contributed by atoms with Crippen molar-refractivity contribution in [1.82, 2.24) is 15.1 Å². The van der Waals surface area contributed by atoms with Crippen LogP contribution in [-0.4, -0.2) is 27.8 Å². The minimum Gasteiger partial charge on any atom is -0.370 e. The maximum atomic E-state index is 5.84. The summed E-state index contributed by atoms with van der Waals surface area (Å²) >= 11 is 0. The molecule has 3 N–H and O–H groups in total. The van der Waals surface area contributed by atoms with Crippen LogP contribution in [0.15, 0.2) is 47.7 Å². The maximum absolute atomic E-state index is 5.84. The molecule has 1 aromatic carbocycles. The Hall–Kier alpha value is -1.57. The molecule has 0 aliphatic rings. The van der Waals surface area contributed by atoms with Crippen molar-refractivity contribution in [2.24, 2.45) is 10.7 Å². The van der Waals surface area contributed by atoms with E-state index in [1.807, 2.05) is 16.9 Å². The molecule has 1 heterocycles. The van der Waals surface area contributed by atoms with Gasteiger partial charge in [0.25, 0.3) is 0 Å². The zero-order valence-corrected chi connectivity index (χ0v) is 15.6. The van der Waals surface area contributed by atoms with Gasteiger partial charge in [0, 0.05) is 24.5 Å². The number of nitrogens with two attached hydrogens (primary N) is 1. The topological polar surface area (TPSA) is 68.2 Å². The van der Waals surface area contributed by atoms with Crippen LogP contribution >= 0.6 is 24.0 Å². The number of benzene rings is 1. The number of aliphatic imine (C=N–C) groups is 1. The van der Waals surface area contributed by atoms with Gasteiger partial charge in [-0.25, -0.2) is 4.68 Å². The average Bonchev–Trinajstić information content (AvgIpc) is 2.91. The van der Waals surface area contributed by atoms with E-state index in [0.29, 0.717) is 12.5 Å². The highest BCUT2D eigenvalue weighted by Crippen LogP contribution is 2.09. The van der Waals surface area contributed by atoms with Gasteiger partial charge in [0.2, 0.25) is 0 Å². The molecule has 0 amide bonds. The van der Waals surface area contributed by atoms with Crippen LogP contribution in [0.1, 0.15) is 26.3 Å². The molecule has 0 atom stereocenters.